The lowest BCUT2D eigenvalue weighted by atomic mass is 10.1. The van der Waals surface area contributed by atoms with E-state index < -0.39 is 4.92 Å². The first-order valence-electron chi connectivity index (χ1n) is 5.72. The molecule has 0 saturated carbocycles. The highest BCUT2D eigenvalue weighted by atomic mass is 79.9. The fourth-order valence-electron chi connectivity index (χ4n) is 1.40. The minimum atomic E-state index is -0.407. The molecule has 0 saturated heterocycles. The Kier molecular flexibility index (Phi) is 5.10. The monoisotopic (exact) mass is 315 g/mol. The van der Waals surface area contributed by atoms with Gasteiger partial charge in [-0.15, -0.1) is 0 Å². The van der Waals surface area contributed by atoms with Gasteiger partial charge in [0.1, 0.15) is 0 Å². The third-order valence-electron chi connectivity index (χ3n) is 2.26. The van der Waals surface area contributed by atoms with Gasteiger partial charge in [-0.2, -0.15) is 0 Å². The van der Waals surface area contributed by atoms with E-state index in [2.05, 4.69) is 47.3 Å². The summed E-state index contributed by atoms with van der Waals surface area (Å²) >= 11 is 3.32. The Morgan fingerprint density at radius 3 is 2.50 bits per heavy atom. The van der Waals surface area contributed by atoms with Gasteiger partial charge >= 0.3 is 0 Å². The van der Waals surface area contributed by atoms with Crippen LogP contribution in [0.3, 0.4) is 0 Å². The summed E-state index contributed by atoms with van der Waals surface area (Å²) in [4.78, 5) is 10.2. The zero-order chi connectivity index (χ0) is 13.8. The molecule has 0 aliphatic heterocycles. The van der Waals surface area contributed by atoms with Crippen molar-refractivity contribution in [1.29, 1.82) is 0 Å². The number of halogens is 1. The Labute approximate surface area is 115 Å². The number of nitrogens with zero attached hydrogens (tertiary/aromatic N) is 1. The quantitative estimate of drug-likeness (QED) is 0.497. The Hall–Kier alpha value is -1.14. The van der Waals surface area contributed by atoms with Gasteiger partial charge in [0, 0.05) is 40.9 Å². The topological polar surface area (TPSA) is 67.2 Å². The van der Waals surface area contributed by atoms with Crippen molar-refractivity contribution >= 4 is 27.3 Å². The number of rotatable bonds is 5. The summed E-state index contributed by atoms with van der Waals surface area (Å²) in [5.74, 6) is 0. The largest absolute Gasteiger partial charge is 0.383 e. The lowest BCUT2D eigenvalue weighted by Gasteiger charge is -2.20. The van der Waals surface area contributed by atoms with E-state index in [4.69, 9.17) is 0 Å². The Bertz CT molecular complexity index is 430. The standard InChI is InChI=1S/C12H18BrN3O2/c1-12(2,3)15-7-6-14-11-5-4-9(16(17)18)8-10(11)13/h4-5,8,14-15H,6-7H2,1-3H3. The number of nitrogens with one attached hydrogen (secondary N) is 2. The van der Waals surface area contributed by atoms with Gasteiger partial charge in [0.05, 0.1) is 4.92 Å². The molecule has 0 spiro atoms. The van der Waals surface area contributed by atoms with Crippen molar-refractivity contribution in [1.82, 2.24) is 5.32 Å². The zero-order valence-electron chi connectivity index (χ0n) is 10.8. The van der Waals surface area contributed by atoms with Crippen molar-refractivity contribution < 1.29 is 4.92 Å². The molecule has 1 aromatic rings. The summed E-state index contributed by atoms with van der Waals surface area (Å²) in [7, 11) is 0. The van der Waals surface area contributed by atoms with Gasteiger partial charge in [0.25, 0.3) is 5.69 Å². The van der Waals surface area contributed by atoms with Gasteiger partial charge in [0.15, 0.2) is 0 Å². The van der Waals surface area contributed by atoms with E-state index in [0.717, 1.165) is 18.8 Å². The van der Waals surface area contributed by atoms with E-state index in [1.807, 2.05) is 0 Å². The van der Waals surface area contributed by atoms with Crippen LogP contribution < -0.4 is 10.6 Å². The molecule has 5 nitrogen and oxygen atoms in total. The molecule has 18 heavy (non-hydrogen) atoms. The summed E-state index contributed by atoms with van der Waals surface area (Å²) in [6, 6.07) is 4.70. The number of hydrogen-bond donors (Lipinski definition) is 2. The van der Waals surface area contributed by atoms with Crippen LogP contribution in [-0.2, 0) is 0 Å². The normalized spacial score (nSPS) is 11.3. The molecule has 1 rings (SSSR count). The molecule has 1 aromatic carbocycles. The molecule has 0 aliphatic carbocycles. The highest BCUT2D eigenvalue weighted by Gasteiger charge is 2.10. The number of non-ortho nitro benzene ring substituents is 1. The molecule has 0 aliphatic rings. The van der Waals surface area contributed by atoms with Crippen molar-refractivity contribution in [3.05, 3.63) is 32.8 Å². The lowest BCUT2D eigenvalue weighted by Crippen LogP contribution is -2.38. The van der Waals surface area contributed by atoms with Crippen molar-refractivity contribution in [3.63, 3.8) is 0 Å². The van der Waals surface area contributed by atoms with E-state index in [1.165, 1.54) is 12.1 Å². The maximum absolute atomic E-state index is 10.6. The molecule has 0 amide bonds. The second-order valence-electron chi connectivity index (χ2n) is 5.02. The maximum Gasteiger partial charge on any atom is 0.270 e. The maximum atomic E-state index is 10.6. The van der Waals surface area contributed by atoms with E-state index in [9.17, 15) is 10.1 Å². The molecule has 0 heterocycles. The highest BCUT2D eigenvalue weighted by molar-refractivity contribution is 9.10. The number of anilines is 1. The summed E-state index contributed by atoms with van der Waals surface area (Å²) in [6.07, 6.45) is 0. The zero-order valence-corrected chi connectivity index (χ0v) is 12.4. The van der Waals surface area contributed by atoms with Crippen LogP contribution in [0, 0.1) is 10.1 Å². The third kappa shape index (κ3) is 5.01. The van der Waals surface area contributed by atoms with Crippen LogP contribution in [0.2, 0.25) is 0 Å². The van der Waals surface area contributed by atoms with Crippen molar-refractivity contribution in [2.24, 2.45) is 0 Å². The van der Waals surface area contributed by atoms with Crippen LogP contribution in [-0.4, -0.2) is 23.6 Å². The van der Waals surface area contributed by atoms with E-state index in [1.54, 1.807) is 6.07 Å². The second-order valence-corrected chi connectivity index (χ2v) is 5.88. The first-order chi connectivity index (χ1) is 8.29. The van der Waals surface area contributed by atoms with E-state index in [-0.39, 0.29) is 11.2 Å². The van der Waals surface area contributed by atoms with Crippen LogP contribution in [0.25, 0.3) is 0 Å². The fourth-order valence-corrected chi connectivity index (χ4v) is 1.90. The molecule has 0 unspecified atom stereocenters. The molecule has 0 bridgehead atoms. The summed E-state index contributed by atoms with van der Waals surface area (Å²) in [6.45, 7) is 7.90. The average Bonchev–Trinajstić information content (AvgIpc) is 2.24. The van der Waals surface area contributed by atoms with Crippen molar-refractivity contribution in [2.45, 2.75) is 26.3 Å². The molecule has 0 radical (unpaired) electrons. The van der Waals surface area contributed by atoms with E-state index in [0.29, 0.717) is 4.47 Å². The molecule has 2 N–H and O–H groups in total. The summed E-state index contributed by atoms with van der Waals surface area (Å²) in [5, 5.41) is 17.2. The molecular formula is C12H18BrN3O2. The summed E-state index contributed by atoms with van der Waals surface area (Å²) in [5.41, 5.74) is 1.03. The molecule has 100 valence electrons. The van der Waals surface area contributed by atoms with Gasteiger partial charge in [-0.05, 0) is 42.8 Å². The minimum absolute atomic E-state index is 0.0836. The van der Waals surface area contributed by atoms with Gasteiger partial charge in [0.2, 0.25) is 0 Å². The minimum Gasteiger partial charge on any atom is -0.383 e. The molecular weight excluding hydrogens is 298 g/mol. The van der Waals surface area contributed by atoms with Crippen molar-refractivity contribution in [3.8, 4) is 0 Å². The molecule has 0 aromatic heterocycles. The van der Waals surface area contributed by atoms with Crippen LogP contribution >= 0.6 is 15.9 Å². The van der Waals surface area contributed by atoms with Crippen LogP contribution in [0.15, 0.2) is 22.7 Å². The highest BCUT2D eigenvalue weighted by Crippen LogP contribution is 2.26. The number of benzene rings is 1. The number of hydrogen-bond acceptors (Lipinski definition) is 4. The van der Waals surface area contributed by atoms with Gasteiger partial charge < -0.3 is 10.6 Å². The van der Waals surface area contributed by atoms with Crippen LogP contribution in [0.1, 0.15) is 20.8 Å². The lowest BCUT2D eigenvalue weighted by molar-refractivity contribution is -0.384. The Balaban J connectivity index is 2.51. The van der Waals surface area contributed by atoms with Crippen LogP contribution in [0.4, 0.5) is 11.4 Å². The second kappa shape index (κ2) is 6.15. The SMILES string of the molecule is CC(C)(C)NCCNc1ccc([N+](=O)[O-])cc1Br. The van der Waals surface area contributed by atoms with Gasteiger partial charge in [-0.1, -0.05) is 0 Å². The molecule has 0 atom stereocenters. The Morgan fingerprint density at radius 2 is 2.00 bits per heavy atom. The first-order valence-corrected chi connectivity index (χ1v) is 6.52. The first kappa shape index (κ1) is 14.9. The number of nitro benzene ring substituents is 1. The predicted molar refractivity (Wildman–Crippen MR) is 77.0 cm³/mol. The van der Waals surface area contributed by atoms with Crippen molar-refractivity contribution in [2.75, 3.05) is 18.4 Å². The smallest absolute Gasteiger partial charge is 0.270 e. The average molecular weight is 316 g/mol. The summed E-state index contributed by atoms with van der Waals surface area (Å²) < 4.78 is 0.701. The third-order valence-corrected chi connectivity index (χ3v) is 2.92. The van der Waals surface area contributed by atoms with E-state index >= 15 is 0 Å². The molecule has 6 heteroatoms. The fraction of sp³-hybridized carbons (Fsp3) is 0.500. The van der Waals surface area contributed by atoms with Gasteiger partial charge in [-0.3, -0.25) is 10.1 Å². The number of nitro groups is 1. The van der Waals surface area contributed by atoms with Gasteiger partial charge in [-0.25, -0.2) is 0 Å². The molecule has 0 fully saturated rings. The predicted octanol–water partition coefficient (Wildman–Crippen LogP) is 3.16. The Morgan fingerprint density at radius 1 is 1.33 bits per heavy atom. The van der Waals surface area contributed by atoms with Crippen LogP contribution in [0.5, 0.6) is 0 Å².